The molecule has 1 N–H and O–H groups in total. The zero-order valence-corrected chi connectivity index (χ0v) is 16.5. The SMILES string of the molecule is CCN1C(=O)NC(=Nc2cc(OC)ccc2C)N2C1=NC[C@H]2c1ccc(F)cc1. The number of aliphatic imine (C=N–C) groups is 2. The number of ether oxygens (including phenoxy) is 1. The van der Waals surface area contributed by atoms with Crippen LogP contribution in [-0.4, -0.2) is 47.9 Å². The van der Waals surface area contributed by atoms with Crippen molar-refractivity contribution in [3.63, 3.8) is 0 Å². The van der Waals surface area contributed by atoms with Crippen molar-refractivity contribution in [2.45, 2.75) is 19.9 Å². The number of guanidine groups is 2. The minimum Gasteiger partial charge on any atom is -0.497 e. The maximum Gasteiger partial charge on any atom is 0.330 e. The van der Waals surface area contributed by atoms with E-state index in [1.54, 1.807) is 24.1 Å². The van der Waals surface area contributed by atoms with Gasteiger partial charge in [-0.05, 0) is 43.2 Å². The molecule has 4 rings (SSSR count). The van der Waals surface area contributed by atoms with Gasteiger partial charge >= 0.3 is 6.03 Å². The third kappa shape index (κ3) is 3.41. The highest BCUT2D eigenvalue weighted by Crippen LogP contribution is 2.32. The van der Waals surface area contributed by atoms with Crippen LogP contribution in [0.15, 0.2) is 52.4 Å². The molecule has 150 valence electrons. The average molecular weight is 395 g/mol. The molecule has 2 heterocycles. The number of rotatable bonds is 4. The third-order valence-electron chi connectivity index (χ3n) is 5.08. The second-order valence-corrected chi connectivity index (χ2v) is 6.84. The van der Waals surface area contributed by atoms with Crippen LogP contribution >= 0.6 is 0 Å². The zero-order valence-electron chi connectivity index (χ0n) is 16.5. The van der Waals surface area contributed by atoms with E-state index in [2.05, 4.69) is 10.3 Å². The first-order chi connectivity index (χ1) is 14.0. The number of halogens is 1. The number of carbonyl (C=O) groups is 1. The van der Waals surface area contributed by atoms with Gasteiger partial charge in [0.15, 0.2) is 0 Å². The van der Waals surface area contributed by atoms with E-state index >= 15 is 0 Å². The van der Waals surface area contributed by atoms with E-state index in [1.165, 1.54) is 12.1 Å². The summed E-state index contributed by atoms with van der Waals surface area (Å²) >= 11 is 0. The van der Waals surface area contributed by atoms with Gasteiger partial charge in [-0.1, -0.05) is 18.2 Å². The lowest BCUT2D eigenvalue weighted by molar-refractivity contribution is 0.217. The molecule has 0 radical (unpaired) electrons. The molecule has 29 heavy (non-hydrogen) atoms. The molecular weight excluding hydrogens is 373 g/mol. The van der Waals surface area contributed by atoms with E-state index in [-0.39, 0.29) is 17.9 Å². The van der Waals surface area contributed by atoms with Gasteiger partial charge in [-0.25, -0.2) is 19.2 Å². The predicted molar refractivity (Wildman–Crippen MR) is 109 cm³/mol. The summed E-state index contributed by atoms with van der Waals surface area (Å²) in [5.41, 5.74) is 2.53. The molecule has 8 heteroatoms. The van der Waals surface area contributed by atoms with E-state index in [4.69, 9.17) is 9.73 Å². The van der Waals surface area contributed by atoms with Crippen molar-refractivity contribution >= 4 is 23.6 Å². The summed E-state index contributed by atoms with van der Waals surface area (Å²) < 4.78 is 18.7. The molecule has 1 atom stereocenters. The summed E-state index contributed by atoms with van der Waals surface area (Å²) in [4.78, 5) is 25.4. The Morgan fingerprint density at radius 3 is 2.72 bits per heavy atom. The van der Waals surface area contributed by atoms with Crippen molar-refractivity contribution in [1.82, 2.24) is 15.1 Å². The third-order valence-corrected chi connectivity index (χ3v) is 5.08. The number of benzene rings is 2. The monoisotopic (exact) mass is 395 g/mol. The minimum atomic E-state index is -0.295. The molecule has 0 spiro atoms. The highest BCUT2D eigenvalue weighted by atomic mass is 19.1. The molecule has 2 aliphatic rings. The summed E-state index contributed by atoms with van der Waals surface area (Å²) in [7, 11) is 1.60. The van der Waals surface area contributed by atoms with Gasteiger partial charge in [0.25, 0.3) is 0 Å². The fraction of sp³-hybridized carbons (Fsp3) is 0.286. The first-order valence-corrected chi connectivity index (χ1v) is 9.42. The lowest BCUT2D eigenvalue weighted by Crippen LogP contribution is -2.62. The fourth-order valence-electron chi connectivity index (χ4n) is 3.49. The first kappa shape index (κ1) is 18.9. The Labute approximate surface area is 168 Å². The van der Waals surface area contributed by atoms with E-state index in [1.807, 2.05) is 36.9 Å². The van der Waals surface area contributed by atoms with Crippen LogP contribution in [-0.2, 0) is 0 Å². The number of carbonyl (C=O) groups excluding carboxylic acids is 1. The molecule has 0 aliphatic carbocycles. The number of hydrogen-bond acceptors (Lipinski definition) is 4. The van der Waals surface area contributed by atoms with Crippen LogP contribution in [0.25, 0.3) is 0 Å². The number of methoxy groups -OCH3 is 1. The predicted octanol–water partition coefficient (Wildman–Crippen LogP) is 3.59. The van der Waals surface area contributed by atoms with Gasteiger partial charge in [0.2, 0.25) is 11.9 Å². The molecule has 7 nitrogen and oxygen atoms in total. The lowest BCUT2D eigenvalue weighted by atomic mass is 10.1. The number of hydrogen-bond donors (Lipinski definition) is 1. The van der Waals surface area contributed by atoms with Gasteiger partial charge in [-0.2, -0.15) is 0 Å². The van der Waals surface area contributed by atoms with Gasteiger partial charge < -0.3 is 4.74 Å². The molecule has 0 unspecified atom stereocenters. The number of amides is 2. The van der Waals surface area contributed by atoms with Gasteiger partial charge in [0.1, 0.15) is 11.6 Å². The average Bonchev–Trinajstić information content (AvgIpc) is 3.15. The molecule has 0 aromatic heterocycles. The molecule has 1 saturated heterocycles. The zero-order chi connectivity index (χ0) is 20.5. The number of aryl methyl sites for hydroxylation is 1. The Bertz CT molecular complexity index is 1000. The Kier molecular flexibility index (Phi) is 4.92. The van der Waals surface area contributed by atoms with Crippen molar-refractivity contribution in [1.29, 1.82) is 0 Å². The van der Waals surface area contributed by atoms with E-state index < -0.39 is 0 Å². The topological polar surface area (TPSA) is 69.5 Å². The summed E-state index contributed by atoms with van der Waals surface area (Å²) in [6.07, 6.45) is 0. The maximum absolute atomic E-state index is 13.4. The van der Waals surface area contributed by atoms with Gasteiger partial charge in [0, 0.05) is 12.6 Å². The Morgan fingerprint density at radius 2 is 2.03 bits per heavy atom. The lowest BCUT2D eigenvalue weighted by Gasteiger charge is -2.38. The second-order valence-electron chi connectivity index (χ2n) is 6.84. The molecule has 2 amide bonds. The van der Waals surface area contributed by atoms with Crippen molar-refractivity contribution < 1.29 is 13.9 Å². The van der Waals surface area contributed by atoms with E-state index in [9.17, 15) is 9.18 Å². The number of urea groups is 1. The second kappa shape index (κ2) is 7.54. The Hall–Kier alpha value is -3.42. The Morgan fingerprint density at radius 1 is 1.28 bits per heavy atom. The first-order valence-electron chi connectivity index (χ1n) is 9.42. The Balaban J connectivity index is 1.78. The molecular formula is C21H22FN5O2. The molecule has 0 saturated carbocycles. The maximum atomic E-state index is 13.4. The summed E-state index contributed by atoms with van der Waals surface area (Å²) in [6, 6.07) is 11.5. The fourth-order valence-corrected chi connectivity index (χ4v) is 3.49. The van der Waals surface area contributed by atoms with Crippen molar-refractivity contribution in [3.8, 4) is 5.75 Å². The normalized spacial score (nSPS) is 19.9. The summed E-state index contributed by atoms with van der Waals surface area (Å²) in [6.45, 7) is 4.75. The molecule has 2 aromatic rings. The van der Waals surface area contributed by atoms with Crippen LogP contribution in [0.5, 0.6) is 5.75 Å². The molecule has 2 aliphatic heterocycles. The van der Waals surface area contributed by atoms with Crippen molar-refractivity contribution in [2.75, 3.05) is 20.2 Å². The van der Waals surface area contributed by atoms with Crippen LogP contribution in [0.1, 0.15) is 24.1 Å². The van der Waals surface area contributed by atoms with Crippen LogP contribution in [0.3, 0.4) is 0 Å². The van der Waals surface area contributed by atoms with Gasteiger partial charge in [-0.3, -0.25) is 15.1 Å². The molecule has 1 fully saturated rings. The van der Waals surface area contributed by atoms with Crippen LogP contribution in [0.2, 0.25) is 0 Å². The number of fused-ring (bicyclic) bond motifs is 1. The largest absolute Gasteiger partial charge is 0.497 e. The van der Waals surface area contributed by atoms with Crippen LogP contribution < -0.4 is 10.1 Å². The standard InChI is InChI=1S/C21H22FN5O2/c1-4-26-20-23-12-18(14-6-8-15(22)9-7-14)27(20)19(25-21(26)28)24-17-11-16(29-3)10-5-13(17)2/h5-11,18H,4,12H2,1-3H3,(H,24,25,28)/t18-/m0/s1. The van der Waals surface area contributed by atoms with Crippen molar-refractivity contribution in [3.05, 3.63) is 59.4 Å². The quantitative estimate of drug-likeness (QED) is 0.860. The van der Waals surface area contributed by atoms with E-state index in [0.29, 0.717) is 36.4 Å². The smallest absolute Gasteiger partial charge is 0.330 e. The van der Waals surface area contributed by atoms with E-state index in [0.717, 1.165) is 11.1 Å². The van der Waals surface area contributed by atoms with Crippen LogP contribution in [0.4, 0.5) is 14.9 Å². The number of nitrogens with one attached hydrogen (secondary N) is 1. The highest BCUT2D eigenvalue weighted by molar-refractivity contribution is 6.16. The highest BCUT2D eigenvalue weighted by Gasteiger charge is 2.42. The van der Waals surface area contributed by atoms with Gasteiger partial charge in [0.05, 0.1) is 25.4 Å². The van der Waals surface area contributed by atoms with Gasteiger partial charge in [-0.15, -0.1) is 0 Å². The number of nitrogens with zero attached hydrogens (tertiary/aromatic N) is 4. The minimum absolute atomic E-state index is 0.190. The van der Waals surface area contributed by atoms with Crippen molar-refractivity contribution in [2.24, 2.45) is 9.98 Å². The summed E-state index contributed by atoms with van der Waals surface area (Å²) in [5, 5.41) is 2.88. The molecule has 0 bridgehead atoms. The molecule has 2 aromatic carbocycles. The summed E-state index contributed by atoms with van der Waals surface area (Å²) in [5.74, 6) is 1.32. The van der Waals surface area contributed by atoms with Crippen LogP contribution in [0, 0.1) is 12.7 Å².